The summed E-state index contributed by atoms with van der Waals surface area (Å²) >= 11 is 0. The Kier molecular flexibility index (Phi) is 8.16. The van der Waals surface area contributed by atoms with E-state index in [9.17, 15) is 0 Å². The lowest BCUT2D eigenvalue weighted by Gasteiger charge is -2.29. The third-order valence-corrected chi connectivity index (χ3v) is 6.49. The number of pyridine rings is 1. The average molecular weight is 420 g/mol. The Labute approximate surface area is 188 Å². The quantitative estimate of drug-likeness (QED) is 0.474. The van der Waals surface area contributed by atoms with Crippen LogP contribution in [0.3, 0.4) is 0 Å². The van der Waals surface area contributed by atoms with E-state index in [-0.39, 0.29) is 0 Å². The van der Waals surface area contributed by atoms with Gasteiger partial charge in [0.15, 0.2) is 0 Å². The number of rotatable bonds is 9. The summed E-state index contributed by atoms with van der Waals surface area (Å²) in [5.41, 5.74) is 6.25. The highest BCUT2D eigenvalue weighted by Crippen LogP contribution is 2.32. The van der Waals surface area contributed by atoms with E-state index in [0.29, 0.717) is 17.7 Å². The fraction of sp³-hybridized carbons (Fsp3) is 0.444. The van der Waals surface area contributed by atoms with Gasteiger partial charge in [-0.2, -0.15) is 0 Å². The zero-order valence-corrected chi connectivity index (χ0v) is 19.5. The molecular formula is C27H37N3O. The second-order valence-corrected chi connectivity index (χ2v) is 8.57. The van der Waals surface area contributed by atoms with Gasteiger partial charge in [0.25, 0.3) is 0 Å². The van der Waals surface area contributed by atoms with Crippen molar-refractivity contribution in [1.29, 1.82) is 0 Å². The van der Waals surface area contributed by atoms with Gasteiger partial charge in [-0.15, -0.1) is 0 Å². The highest BCUT2D eigenvalue weighted by molar-refractivity contribution is 5.70. The van der Waals surface area contributed by atoms with Crippen LogP contribution in [0.2, 0.25) is 0 Å². The van der Waals surface area contributed by atoms with E-state index in [1.54, 1.807) is 13.3 Å². The van der Waals surface area contributed by atoms with Crippen LogP contribution in [-0.2, 0) is 4.74 Å². The summed E-state index contributed by atoms with van der Waals surface area (Å²) in [6.07, 6.45) is 21.1. The van der Waals surface area contributed by atoms with Crippen LogP contribution in [0.4, 0.5) is 5.69 Å². The van der Waals surface area contributed by atoms with E-state index in [1.165, 1.54) is 36.1 Å². The second kappa shape index (κ2) is 11.0. The molecule has 2 unspecified atom stereocenters. The van der Waals surface area contributed by atoms with Crippen molar-refractivity contribution in [1.82, 2.24) is 9.88 Å². The maximum Gasteiger partial charge on any atom is 0.121 e. The topological polar surface area (TPSA) is 37.4 Å². The maximum absolute atomic E-state index is 5.35. The van der Waals surface area contributed by atoms with Gasteiger partial charge >= 0.3 is 0 Å². The summed E-state index contributed by atoms with van der Waals surface area (Å²) < 4.78 is 5.35. The van der Waals surface area contributed by atoms with Crippen LogP contribution in [0, 0.1) is 5.92 Å². The molecule has 166 valence electrons. The Hall–Kier alpha value is -2.75. The molecule has 0 amide bonds. The minimum absolute atomic E-state index is 0.347. The number of nitrogens with one attached hydrogen (secondary N) is 1. The van der Waals surface area contributed by atoms with Crippen molar-refractivity contribution >= 4 is 11.4 Å². The SMILES string of the molecule is C=C(OC)c1ccncc1NCC1CCCC(C)=C1/C=C\C(C)N(C)C1=CCCC=C1. The molecule has 0 fully saturated rings. The van der Waals surface area contributed by atoms with Gasteiger partial charge in [0.1, 0.15) is 5.76 Å². The smallest absolute Gasteiger partial charge is 0.121 e. The van der Waals surface area contributed by atoms with Crippen molar-refractivity contribution in [3.63, 3.8) is 0 Å². The molecule has 0 saturated carbocycles. The molecule has 0 radical (unpaired) electrons. The Bertz CT molecular complexity index is 893. The zero-order valence-electron chi connectivity index (χ0n) is 19.5. The molecule has 3 rings (SSSR count). The van der Waals surface area contributed by atoms with Crippen molar-refractivity contribution in [2.75, 3.05) is 26.0 Å². The third kappa shape index (κ3) is 5.90. The molecule has 0 spiro atoms. The van der Waals surface area contributed by atoms with Crippen molar-refractivity contribution in [2.45, 2.75) is 52.0 Å². The van der Waals surface area contributed by atoms with Crippen LogP contribution in [-0.4, -0.2) is 36.6 Å². The summed E-state index contributed by atoms with van der Waals surface area (Å²) in [7, 11) is 3.84. The normalized spacial score (nSPS) is 19.9. The van der Waals surface area contributed by atoms with Crippen molar-refractivity contribution in [2.24, 2.45) is 5.92 Å². The molecule has 1 aromatic heterocycles. The van der Waals surface area contributed by atoms with Crippen molar-refractivity contribution in [3.05, 3.63) is 77.8 Å². The second-order valence-electron chi connectivity index (χ2n) is 8.57. The lowest BCUT2D eigenvalue weighted by Crippen LogP contribution is -2.27. The number of aromatic nitrogens is 1. The molecule has 1 heterocycles. The zero-order chi connectivity index (χ0) is 22.2. The largest absolute Gasteiger partial charge is 0.497 e. The first-order chi connectivity index (χ1) is 15.0. The van der Waals surface area contributed by atoms with Gasteiger partial charge < -0.3 is 15.0 Å². The van der Waals surface area contributed by atoms with Crippen LogP contribution in [0.15, 0.2) is 72.3 Å². The Morgan fingerprint density at radius 2 is 2.26 bits per heavy atom. The lowest BCUT2D eigenvalue weighted by atomic mass is 9.82. The first kappa shape index (κ1) is 22.9. The number of hydrogen-bond acceptors (Lipinski definition) is 4. The van der Waals surface area contributed by atoms with Gasteiger partial charge in [-0.25, -0.2) is 0 Å². The molecule has 2 aliphatic rings. The summed E-state index contributed by atoms with van der Waals surface area (Å²) in [6, 6.07) is 2.29. The summed E-state index contributed by atoms with van der Waals surface area (Å²) in [6.45, 7) is 9.44. The minimum Gasteiger partial charge on any atom is -0.497 e. The lowest BCUT2D eigenvalue weighted by molar-refractivity contribution is 0.371. The van der Waals surface area contributed by atoms with Gasteiger partial charge in [-0.05, 0) is 63.7 Å². The summed E-state index contributed by atoms with van der Waals surface area (Å²) in [4.78, 5) is 6.64. The predicted octanol–water partition coefficient (Wildman–Crippen LogP) is 6.34. The number of nitrogens with zero attached hydrogens (tertiary/aromatic N) is 2. The van der Waals surface area contributed by atoms with Crippen LogP contribution in [0.5, 0.6) is 0 Å². The summed E-state index contributed by atoms with van der Waals surface area (Å²) in [5.74, 6) is 1.14. The van der Waals surface area contributed by atoms with Gasteiger partial charge in [0, 0.05) is 43.0 Å². The van der Waals surface area contributed by atoms with E-state index in [2.05, 4.69) is 73.1 Å². The van der Waals surface area contributed by atoms with Crippen LogP contribution in [0.1, 0.15) is 51.5 Å². The van der Waals surface area contributed by atoms with E-state index in [1.807, 2.05) is 12.3 Å². The standard InChI is InChI=1S/C27H37N3O/c1-20-10-9-11-23(18-29-27-19-28-17-16-26(27)22(3)31-5)25(20)15-14-21(2)30(4)24-12-7-6-8-13-24/h7,12-17,19,21,23,29H,3,6,8-11,18H2,1-2,4-5H3/b15-14-. The molecule has 1 N–H and O–H groups in total. The molecule has 31 heavy (non-hydrogen) atoms. The highest BCUT2D eigenvalue weighted by Gasteiger charge is 2.20. The number of likely N-dealkylation sites (N-methyl/N-ethyl adjacent to an activating group) is 1. The Morgan fingerprint density at radius 3 is 3.00 bits per heavy atom. The Morgan fingerprint density at radius 1 is 1.42 bits per heavy atom. The molecule has 0 aliphatic heterocycles. The van der Waals surface area contributed by atoms with Gasteiger partial charge in [0.05, 0.1) is 19.0 Å². The van der Waals surface area contributed by atoms with Gasteiger partial charge in [-0.3, -0.25) is 4.98 Å². The van der Waals surface area contributed by atoms with Crippen molar-refractivity contribution in [3.8, 4) is 0 Å². The molecule has 2 atom stereocenters. The number of allylic oxidation sites excluding steroid dienone is 5. The van der Waals surface area contributed by atoms with Gasteiger partial charge in [-0.1, -0.05) is 36.5 Å². The average Bonchev–Trinajstić information content (AvgIpc) is 2.81. The predicted molar refractivity (Wildman–Crippen MR) is 132 cm³/mol. The number of anilines is 1. The molecule has 4 nitrogen and oxygen atoms in total. The number of hydrogen-bond donors (Lipinski definition) is 1. The van der Waals surface area contributed by atoms with Crippen LogP contribution < -0.4 is 5.32 Å². The summed E-state index contributed by atoms with van der Waals surface area (Å²) in [5, 5.41) is 3.61. The molecular weight excluding hydrogens is 382 g/mol. The minimum atomic E-state index is 0.347. The fourth-order valence-electron chi connectivity index (χ4n) is 4.34. The molecule has 0 bridgehead atoms. The van der Waals surface area contributed by atoms with E-state index in [4.69, 9.17) is 4.74 Å². The highest BCUT2D eigenvalue weighted by atomic mass is 16.5. The first-order valence-corrected chi connectivity index (χ1v) is 11.4. The van der Waals surface area contributed by atoms with E-state index < -0.39 is 0 Å². The van der Waals surface area contributed by atoms with E-state index >= 15 is 0 Å². The first-order valence-electron chi connectivity index (χ1n) is 11.4. The molecule has 1 aromatic rings. The fourth-order valence-corrected chi connectivity index (χ4v) is 4.34. The van der Waals surface area contributed by atoms with Crippen LogP contribution >= 0.6 is 0 Å². The molecule has 4 heteroatoms. The molecule has 2 aliphatic carbocycles. The number of methoxy groups -OCH3 is 1. The third-order valence-electron chi connectivity index (χ3n) is 6.49. The molecule has 0 aromatic carbocycles. The monoisotopic (exact) mass is 419 g/mol. The van der Waals surface area contributed by atoms with Gasteiger partial charge in [0.2, 0.25) is 0 Å². The number of ether oxygens (including phenoxy) is 1. The van der Waals surface area contributed by atoms with E-state index in [0.717, 1.165) is 30.6 Å². The van der Waals surface area contributed by atoms with Crippen LogP contribution in [0.25, 0.3) is 5.76 Å². The van der Waals surface area contributed by atoms with Crippen molar-refractivity contribution < 1.29 is 4.74 Å². The Balaban J connectivity index is 1.69. The molecule has 0 saturated heterocycles. The maximum atomic E-state index is 5.35.